The van der Waals surface area contributed by atoms with E-state index < -0.39 is 22.5 Å². The van der Waals surface area contributed by atoms with Gasteiger partial charge >= 0.3 is 0 Å². The average molecular weight is 574 g/mol. The highest BCUT2D eigenvalue weighted by atomic mass is 79.9. The van der Waals surface area contributed by atoms with Crippen LogP contribution in [0.5, 0.6) is 5.75 Å². The first kappa shape index (κ1) is 27.2. The molecule has 1 amide bonds. The standard InChI is InChI=1S/C26H29BrN4O4S/c1-5-35-22-11-9-21(10-12-22)31(36(33,34)23-13-6-19(2)7-14-23)18-26(32)29-28-17-20-8-15-25(30(3)4)24(27)16-20/h6-17H,5,18H2,1-4H3,(H,29,32)/b28-17-. The summed E-state index contributed by atoms with van der Waals surface area (Å²) >= 11 is 3.52. The topological polar surface area (TPSA) is 91.3 Å². The van der Waals surface area contributed by atoms with Gasteiger partial charge in [0.25, 0.3) is 15.9 Å². The number of ether oxygens (including phenoxy) is 1. The number of carbonyl (C=O) groups excluding carboxylic acids is 1. The molecule has 0 saturated carbocycles. The molecule has 10 heteroatoms. The van der Waals surface area contributed by atoms with Crippen molar-refractivity contribution < 1.29 is 17.9 Å². The van der Waals surface area contributed by atoms with Crippen LogP contribution in [0.3, 0.4) is 0 Å². The van der Waals surface area contributed by atoms with Gasteiger partial charge in [-0.25, -0.2) is 13.8 Å². The molecule has 0 fully saturated rings. The normalized spacial score (nSPS) is 11.4. The molecule has 1 N–H and O–H groups in total. The number of halogens is 1. The molecular weight excluding hydrogens is 544 g/mol. The maximum Gasteiger partial charge on any atom is 0.264 e. The maximum atomic E-state index is 13.5. The van der Waals surface area contributed by atoms with Crippen molar-refractivity contribution in [3.8, 4) is 5.75 Å². The average Bonchev–Trinajstić information content (AvgIpc) is 2.83. The zero-order valence-corrected chi connectivity index (χ0v) is 23.0. The lowest BCUT2D eigenvalue weighted by Gasteiger charge is -2.24. The van der Waals surface area contributed by atoms with E-state index in [1.807, 2.05) is 51.0 Å². The van der Waals surface area contributed by atoms with E-state index in [-0.39, 0.29) is 4.90 Å². The number of hydrazone groups is 1. The van der Waals surface area contributed by atoms with Crippen LogP contribution in [-0.4, -0.2) is 47.8 Å². The van der Waals surface area contributed by atoms with Gasteiger partial charge in [-0.1, -0.05) is 23.8 Å². The quantitative estimate of drug-likeness (QED) is 0.284. The maximum absolute atomic E-state index is 13.5. The van der Waals surface area contributed by atoms with Crippen molar-refractivity contribution in [1.82, 2.24) is 5.43 Å². The van der Waals surface area contributed by atoms with Crippen molar-refractivity contribution in [1.29, 1.82) is 0 Å². The predicted molar refractivity (Wildman–Crippen MR) is 148 cm³/mol. The fourth-order valence-corrected chi connectivity index (χ4v) is 5.51. The summed E-state index contributed by atoms with van der Waals surface area (Å²) in [6.45, 7) is 3.77. The van der Waals surface area contributed by atoms with Crippen LogP contribution in [0.2, 0.25) is 0 Å². The number of nitrogens with one attached hydrogen (secondary N) is 1. The third-order valence-corrected chi connectivity index (χ3v) is 7.61. The van der Waals surface area contributed by atoms with Crippen molar-refractivity contribution in [2.24, 2.45) is 5.10 Å². The Balaban J connectivity index is 1.82. The van der Waals surface area contributed by atoms with Gasteiger partial charge in [0.15, 0.2) is 0 Å². The third kappa shape index (κ3) is 6.86. The Morgan fingerprint density at radius 3 is 2.31 bits per heavy atom. The Morgan fingerprint density at radius 2 is 1.72 bits per heavy atom. The van der Waals surface area contributed by atoms with Crippen molar-refractivity contribution >= 4 is 49.4 Å². The van der Waals surface area contributed by atoms with E-state index in [9.17, 15) is 13.2 Å². The Kier molecular flexibility index (Phi) is 9.11. The number of hydrogen-bond donors (Lipinski definition) is 1. The number of carbonyl (C=O) groups is 1. The fourth-order valence-electron chi connectivity index (χ4n) is 3.34. The van der Waals surface area contributed by atoms with Gasteiger partial charge in [-0.2, -0.15) is 5.10 Å². The Bertz CT molecular complexity index is 1330. The second kappa shape index (κ2) is 12.0. The third-order valence-electron chi connectivity index (χ3n) is 5.19. The molecule has 0 aromatic heterocycles. The zero-order chi connectivity index (χ0) is 26.3. The summed E-state index contributed by atoms with van der Waals surface area (Å²) in [7, 11) is -0.139. The molecule has 190 valence electrons. The van der Waals surface area contributed by atoms with Crippen LogP contribution in [0, 0.1) is 6.92 Å². The molecule has 0 spiro atoms. The van der Waals surface area contributed by atoms with Crippen LogP contribution < -0.4 is 19.4 Å². The number of hydrogen-bond acceptors (Lipinski definition) is 6. The van der Waals surface area contributed by atoms with E-state index in [4.69, 9.17) is 4.74 Å². The molecule has 3 aromatic rings. The van der Waals surface area contributed by atoms with Gasteiger partial charge in [0, 0.05) is 18.6 Å². The molecule has 0 heterocycles. The van der Waals surface area contributed by atoms with Crippen LogP contribution in [-0.2, 0) is 14.8 Å². The van der Waals surface area contributed by atoms with Crippen LogP contribution in [0.1, 0.15) is 18.1 Å². The number of rotatable bonds is 10. The van der Waals surface area contributed by atoms with Gasteiger partial charge in [0.1, 0.15) is 12.3 Å². The summed E-state index contributed by atoms with van der Waals surface area (Å²) in [5.74, 6) is 0.0224. The largest absolute Gasteiger partial charge is 0.494 e. The van der Waals surface area contributed by atoms with Gasteiger partial charge in [-0.05, 0) is 83.9 Å². The molecule has 8 nitrogen and oxygen atoms in total. The molecule has 0 atom stereocenters. The van der Waals surface area contributed by atoms with Gasteiger partial charge < -0.3 is 9.64 Å². The molecule has 36 heavy (non-hydrogen) atoms. The summed E-state index contributed by atoms with van der Waals surface area (Å²) < 4.78 is 34.3. The number of nitrogens with zero attached hydrogens (tertiary/aromatic N) is 3. The highest BCUT2D eigenvalue weighted by Gasteiger charge is 2.27. The number of anilines is 2. The number of amides is 1. The van der Waals surface area contributed by atoms with E-state index >= 15 is 0 Å². The van der Waals surface area contributed by atoms with Crippen LogP contribution in [0.15, 0.2) is 81.2 Å². The lowest BCUT2D eigenvalue weighted by Crippen LogP contribution is -2.39. The van der Waals surface area contributed by atoms with E-state index in [1.165, 1.54) is 18.3 Å². The molecule has 3 aromatic carbocycles. The van der Waals surface area contributed by atoms with Crippen molar-refractivity contribution in [3.63, 3.8) is 0 Å². The molecule has 3 rings (SSSR count). The molecule has 0 radical (unpaired) electrons. The van der Waals surface area contributed by atoms with E-state index in [2.05, 4.69) is 26.5 Å². The first-order chi connectivity index (χ1) is 17.1. The lowest BCUT2D eigenvalue weighted by molar-refractivity contribution is -0.119. The molecule has 0 aliphatic rings. The second-order valence-corrected chi connectivity index (χ2v) is 10.9. The van der Waals surface area contributed by atoms with Crippen LogP contribution >= 0.6 is 15.9 Å². The molecular formula is C26H29BrN4O4S. The first-order valence-corrected chi connectivity index (χ1v) is 13.5. The summed E-state index contributed by atoms with van der Waals surface area (Å²) in [5, 5.41) is 4.01. The smallest absolute Gasteiger partial charge is 0.264 e. The highest BCUT2D eigenvalue weighted by molar-refractivity contribution is 9.10. The Hall–Kier alpha value is -3.37. The van der Waals surface area contributed by atoms with E-state index in [0.717, 1.165) is 25.6 Å². The fraction of sp³-hybridized carbons (Fsp3) is 0.231. The van der Waals surface area contributed by atoms with Gasteiger partial charge in [-0.15, -0.1) is 0 Å². The number of benzene rings is 3. The molecule has 0 unspecified atom stereocenters. The number of sulfonamides is 1. The lowest BCUT2D eigenvalue weighted by atomic mass is 10.2. The highest BCUT2D eigenvalue weighted by Crippen LogP contribution is 2.27. The SMILES string of the molecule is CCOc1ccc(N(CC(=O)N/N=C\c2ccc(N(C)C)c(Br)c2)S(=O)(=O)c2ccc(C)cc2)cc1. The summed E-state index contributed by atoms with van der Waals surface area (Å²) in [4.78, 5) is 14.8. The van der Waals surface area contributed by atoms with E-state index in [0.29, 0.717) is 18.0 Å². The number of aryl methyl sites for hydroxylation is 1. The second-order valence-electron chi connectivity index (χ2n) is 8.15. The Labute approximate surface area is 220 Å². The van der Waals surface area contributed by atoms with E-state index in [1.54, 1.807) is 36.4 Å². The van der Waals surface area contributed by atoms with Crippen molar-refractivity contribution in [3.05, 3.63) is 82.3 Å². The van der Waals surface area contributed by atoms with Gasteiger partial charge in [0.05, 0.1) is 29.1 Å². The minimum atomic E-state index is -4.02. The summed E-state index contributed by atoms with van der Waals surface area (Å²) in [6, 6.07) is 18.7. The molecule has 0 aliphatic carbocycles. The zero-order valence-electron chi connectivity index (χ0n) is 20.6. The molecule has 0 aliphatic heterocycles. The summed E-state index contributed by atoms with van der Waals surface area (Å²) in [5.41, 5.74) is 5.46. The monoisotopic (exact) mass is 572 g/mol. The molecule has 0 bridgehead atoms. The Morgan fingerprint density at radius 1 is 1.06 bits per heavy atom. The van der Waals surface area contributed by atoms with Crippen LogP contribution in [0.4, 0.5) is 11.4 Å². The first-order valence-electron chi connectivity index (χ1n) is 11.2. The molecule has 0 saturated heterocycles. The van der Waals surface area contributed by atoms with Crippen molar-refractivity contribution in [2.45, 2.75) is 18.7 Å². The van der Waals surface area contributed by atoms with Crippen LogP contribution in [0.25, 0.3) is 0 Å². The van der Waals surface area contributed by atoms with Gasteiger partial charge in [-0.3, -0.25) is 9.10 Å². The minimum absolute atomic E-state index is 0.0871. The predicted octanol–water partition coefficient (Wildman–Crippen LogP) is 4.57. The van der Waals surface area contributed by atoms with Crippen molar-refractivity contribution in [2.75, 3.05) is 36.5 Å². The summed E-state index contributed by atoms with van der Waals surface area (Å²) in [6.07, 6.45) is 1.50. The van der Waals surface area contributed by atoms with Gasteiger partial charge in [0.2, 0.25) is 0 Å². The minimum Gasteiger partial charge on any atom is -0.494 e.